The summed E-state index contributed by atoms with van der Waals surface area (Å²) in [4.78, 5) is 9.21. The van der Waals surface area contributed by atoms with Crippen LogP contribution in [0, 0.1) is 6.92 Å². The largest absolute Gasteiger partial charge is 0.469 e. The van der Waals surface area contributed by atoms with E-state index < -0.39 is 0 Å². The molecule has 1 unspecified atom stereocenters. The topological polar surface area (TPSA) is 43.9 Å². The van der Waals surface area contributed by atoms with Crippen LogP contribution in [0.2, 0.25) is 0 Å². The summed E-state index contributed by atoms with van der Waals surface area (Å²) in [5.74, 6) is 2.26. The van der Waals surface area contributed by atoms with Crippen molar-refractivity contribution in [3.8, 4) is 0 Å². The van der Waals surface area contributed by atoms with E-state index in [0.717, 1.165) is 41.3 Å². The quantitative estimate of drug-likeness (QED) is 0.661. The van der Waals surface area contributed by atoms with Crippen LogP contribution in [-0.2, 0) is 12.3 Å². The van der Waals surface area contributed by atoms with E-state index in [2.05, 4.69) is 21.5 Å². The van der Waals surface area contributed by atoms with Crippen LogP contribution in [0.15, 0.2) is 34.9 Å². The molecule has 21 heavy (non-hydrogen) atoms. The number of pyridine rings is 1. The standard InChI is InChI=1S/C16H18ClN3O/c1-11-5-8-14-16(18-11)20(15(10-17)19-14)12(2)6-7-13-4-3-9-21-13/h3-5,8-9,12H,6-7,10H2,1-2H3. The molecule has 0 spiro atoms. The minimum absolute atomic E-state index is 0.267. The number of hydrogen-bond acceptors (Lipinski definition) is 3. The molecule has 0 saturated heterocycles. The first kappa shape index (κ1) is 14.1. The highest BCUT2D eigenvalue weighted by molar-refractivity contribution is 6.16. The van der Waals surface area contributed by atoms with E-state index in [9.17, 15) is 0 Å². The SMILES string of the molecule is Cc1ccc2nc(CCl)n(C(C)CCc3ccco3)c2n1. The fraction of sp³-hybridized carbons (Fsp3) is 0.375. The lowest BCUT2D eigenvalue weighted by atomic mass is 10.1. The minimum atomic E-state index is 0.267. The summed E-state index contributed by atoms with van der Waals surface area (Å²) in [6, 6.07) is 8.17. The summed E-state index contributed by atoms with van der Waals surface area (Å²) in [5, 5.41) is 0. The van der Waals surface area contributed by atoms with Gasteiger partial charge in [0.2, 0.25) is 0 Å². The van der Waals surface area contributed by atoms with Gasteiger partial charge in [0.25, 0.3) is 0 Å². The number of aryl methyl sites for hydroxylation is 2. The summed E-state index contributed by atoms with van der Waals surface area (Å²) in [6.45, 7) is 4.16. The highest BCUT2D eigenvalue weighted by Crippen LogP contribution is 2.24. The van der Waals surface area contributed by atoms with Gasteiger partial charge >= 0.3 is 0 Å². The van der Waals surface area contributed by atoms with Crippen molar-refractivity contribution >= 4 is 22.8 Å². The molecule has 5 heteroatoms. The lowest BCUT2D eigenvalue weighted by Gasteiger charge is -2.16. The van der Waals surface area contributed by atoms with Crippen molar-refractivity contribution in [1.82, 2.24) is 14.5 Å². The smallest absolute Gasteiger partial charge is 0.160 e. The maximum atomic E-state index is 6.06. The highest BCUT2D eigenvalue weighted by atomic mass is 35.5. The number of fused-ring (bicyclic) bond motifs is 1. The number of nitrogens with zero attached hydrogens (tertiary/aromatic N) is 3. The zero-order valence-corrected chi connectivity index (χ0v) is 13.0. The molecule has 110 valence electrons. The number of halogens is 1. The van der Waals surface area contributed by atoms with E-state index in [1.807, 2.05) is 31.2 Å². The van der Waals surface area contributed by atoms with Gasteiger partial charge in [-0.2, -0.15) is 0 Å². The fourth-order valence-electron chi connectivity index (χ4n) is 2.61. The Morgan fingerprint density at radius 3 is 2.86 bits per heavy atom. The first-order valence-electron chi connectivity index (χ1n) is 7.12. The minimum Gasteiger partial charge on any atom is -0.469 e. The monoisotopic (exact) mass is 303 g/mol. The molecule has 1 atom stereocenters. The third-order valence-corrected chi connectivity index (χ3v) is 3.94. The Labute approximate surface area is 128 Å². The summed E-state index contributed by atoms with van der Waals surface area (Å²) in [7, 11) is 0. The van der Waals surface area contributed by atoms with Gasteiger partial charge in [0.1, 0.15) is 17.1 Å². The van der Waals surface area contributed by atoms with Crippen LogP contribution in [0.3, 0.4) is 0 Å². The summed E-state index contributed by atoms with van der Waals surface area (Å²) in [5.41, 5.74) is 2.81. The van der Waals surface area contributed by atoms with E-state index in [1.54, 1.807) is 6.26 Å². The molecule has 3 aromatic rings. The Hall–Kier alpha value is -1.81. The fourth-order valence-corrected chi connectivity index (χ4v) is 2.80. The molecular weight excluding hydrogens is 286 g/mol. The normalized spacial score (nSPS) is 12.9. The highest BCUT2D eigenvalue weighted by Gasteiger charge is 2.16. The molecule has 0 aliphatic heterocycles. The second kappa shape index (κ2) is 5.90. The molecule has 0 aliphatic rings. The first-order valence-corrected chi connectivity index (χ1v) is 7.65. The number of furan rings is 1. The van der Waals surface area contributed by atoms with E-state index >= 15 is 0 Å². The van der Waals surface area contributed by atoms with Gasteiger partial charge in [-0.15, -0.1) is 11.6 Å². The predicted octanol–water partition coefficient (Wildman–Crippen LogP) is 4.27. The van der Waals surface area contributed by atoms with Gasteiger partial charge in [-0.3, -0.25) is 0 Å². The first-order chi connectivity index (χ1) is 10.2. The van der Waals surface area contributed by atoms with Gasteiger partial charge < -0.3 is 8.98 Å². The van der Waals surface area contributed by atoms with Crippen LogP contribution in [0.1, 0.15) is 36.7 Å². The molecular formula is C16H18ClN3O. The molecule has 0 fully saturated rings. The summed E-state index contributed by atoms with van der Waals surface area (Å²) < 4.78 is 7.55. The number of hydrogen-bond donors (Lipinski definition) is 0. The molecule has 0 radical (unpaired) electrons. The Morgan fingerprint density at radius 1 is 1.29 bits per heavy atom. The van der Waals surface area contributed by atoms with Gasteiger partial charge in [0.05, 0.1) is 12.1 Å². The van der Waals surface area contributed by atoms with Crippen LogP contribution in [0.25, 0.3) is 11.2 Å². The zero-order chi connectivity index (χ0) is 14.8. The van der Waals surface area contributed by atoms with Gasteiger partial charge in [-0.05, 0) is 44.5 Å². The van der Waals surface area contributed by atoms with Crippen LogP contribution in [0.5, 0.6) is 0 Å². The number of aromatic nitrogens is 3. The lowest BCUT2D eigenvalue weighted by molar-refractivity contribution is 0.451. The van der Waals surface area contributed by atoms with Gasteiger partial charge in [-0.25, -0.2) is 9.97 Å². The lowest BCUT2D eigenvalue weighted by Crippen LogP contribution is -2.10. The molecule has 0 aromatic carbocycles. The van der Waals surface area contributed by atoms with Crippen molar-refractivity contribution in [3.05, 3.63) is 47.8 Å². The number of rotatable bonds is 5. The van der Waals surface area contributed by atoms with E-state index in [4.69, 9.17) is 16.0 Å². The molecule has 0 N–H and O–H groups in total. The van der Waals surface area contributed by atoms with E-state index in [-0.39, 0.29) is 6.04 Å². The van der Waals surface area contributed by atoms with E-state index in [1.165, 1.54) is 0 Å². The van der Waals surface area contributed by atoms with Crippen molar-refractivity contribution in [3.63, 3.8) is 0 Å². The molecule has 0 amide bonds. The van der Waals surface area contributed by atoms with Crippen LogP contribution >= 0.6 is 11.6 Å². The van der Waals surface area contributed by atoms with Crippen LogP contribution < -0.4 is 0 Å². The molecule has 3 rings (SSSR count). The number of alkyl halides is 1. The van der Waals surface area contributed by atoms with Crippen molar-refractivity contribution in [2.45, 2.75) is 38.6 Å². The van der Waals surface area contributed by atoms with Crippen molar-refractivity contribution in [2.24, 2.45) is 0 Å². The van der Waals surface area contributed by atoms with Gasteiger partial charge in [-0.1, -0.05) is 0 Å². The van der Waals surface area contributed by atoms with Crippen LogP contribution in [0.4, 0.5) is 0 Å². The molecule has 0 saturated carbocycles. The average Bonchev–Trinajstić information content (AvgIpc) is 3.11. The second-order valence-electron chi connectivity index (χ2n) is 5.29. The van der Waals surface area contributed by atoms with E-state index in [0.29, 0.717) is 5.88 Å². The number of imidazole rings is 1. The Bertz CT molecular complexity index is 733. The maximum Gasteiger partial charge on any atom is 0.160 e. The van der Waals surface area contributed by atoms with Crippen molar-refractivity contribution < 1.29 is 4.42 Å². The Balaban J connectivity index is 1.91. The summed E-state index contributed by atoms with van der Waals surface area (Å²) >= 11 is 6.06. The van der Waals surface area contributed by atoms with Crippen molar-refractivity contribution in [1.29, 1.82) is 0 Å². The second-order valence-corrected chi connectivity index (χ2v) is 5.56. The molecule has 3 aromatic heterocycles. The summed E-state index contributed by atoms with van der Waals surface area (Å²) in [6.07, 6.45) is 3.56. The predicted molar refractivity (Wildman–Crippen MR) is 83.6 cm³/mol. The molecule has 0 aliphatic carbocycles. The van der Waals surface area contributed by atoms with Crippen LogP contribution in [-0.4, -0.2) is 14.5 Å². The maximum absolute atomic E-state index is 6.06. The molecule has 4 nitrogen and oxygen atoms in total. The average molecular weight is 304 g/mol. The van der Waals surface area contributed by atoms with Gasteiger partial charge in [0.15, 0.2) is 5.65 Å². The zero-order valence-electron chi connectivity index (χ0n) is 12.2. The third-order valence-electron chi connectivity index (χ3n) is 3.70. The molecule has 0 bridgehead atoms. The van der Waals surface area contributed by atoms with Gasteiger partial charge in [0, 0.05) is 18.2 Å². The third kappa shape index (κ3) is 2.81. The molecule has 3 heterocycles. The Kier molecular flexibility index (Phi) is 3.97. The Morgan fingerprint density at radius 2 is 2.14 bits per heavy atom. The van der Waals surface area contributed by atoms with Crippen molar-refractivity contribution in [2.75, 3.05) is 0 Å².